The average Bonchev–Trinajstić information content (AvgIpc) is 3.01. The van der Waals surface area contributed by atoms with Gasteiger partial charge in [0.2, 0.25) is 11.8 Å². The van der Waals surface area contributed by atoms with Crippen LogP contribution in [-0.2, 0) is 9.59 Å². The van der Waals surface area contributed by atoms with Crippen LogP contribution in [0.15, 0.2) is 55.1 Å². The highest BCUT2D eigenvalue weighted by Gasteiger charge is 2.33. The third-order valence-electron chi connectivity index (χ3n) is 5.55. The van der Waals surface area contributed by atoms with Gasteiger partial charge in [0.05, 0.1) is 6.54 Å². The number of halogens is 1. The Balaban J connectivity index is 1.26. The van der Waals surface area contributed by atoms with Gasteiger partial charge in [0.1, 0.15) is 12.4 Å². The number of nitrogens with zero attached hydrogens (tertiary/aromatic N) is 3. The number of carbonyl (C=O) groups excluding carboxylic acids is 3. The first-order chi connectivity index (χ1) is 14.9. The molecule has 1 N–H and O–H groups in total. The van der Waals surface area contributed by atoms with Crippen LogP contribution in [0.25, 0.3) is 5.70 Å². The van der Waals surface area contributed by atoms with Gasteiger partial charge >= 0.3 is 0 Å². The van der Waals surface area contributed by atoms with Gasteiger partial charge in [-0.15, -0.1) is 0 Å². The molecule has 2 heterocycles. The number of hydrogen-bond donors (Lipinski definition) is 1. The molecule has 3 amide bonds. The van der Waals surface area contributed by atoms with Crippen molar-refractivity contribution in [3.63, 3.8) is 0 Å². The minimum absolute atomic E-state index is 0.0442. The summed E-state index contributed by atoms with van der Waals surface area (Å²) in [5.41, 5.74) is 2.41. The molecule has 2 aromatic carbocycles. The van der Waals surface area contributed by atoms with Crippen LogP contribution in [0.1, 0.15) is 15.9 Å². The average molecular weight is 422 g/mol. The van der Waals surface area contributed by atoms with Crippen LogP contribution in [0.3, 0.4) is 0 Å². The standard InChI is InChI=1S/C23H23FN4O3/c1-16-19-4-2-3-5-20(19)23(31)28(16)15-22(30)27-12-10-26(11-13-27)14-21(29)25-18-8-6-17(24)7-9-18/h2-9H,1,10-15H2,(H,25,29). The van der Waals surface area contributed by atoms with Crippen molar-refractivity contribution in [3.8, 4) is 0 Å². The van der Waals surface area contributed by atoms with Crippen LogP contribution in [0, 0.1) is 5.82 Å². The largest absolute Gasteiger partial charge is 0.339 e. The molecule has 0 spiro atoms. The van der Waals surface area contributed by atoms with Crippen molar-refractivity contribution in [1.29, 1.82) is 0 Å². The maximum Gasteiger partial charge on any atom is 0.259 e. The van der Waals surface area contributed by atoms with E-state index in [1.807, 2.05) is 17.0 Å². The molecule has 2 aromatic rings. The Hall–Kier alpha value is -3.52. The first kappa shape index (κ1) is 20.7. The van der Waals surface area contributed by atoms with E-state index >= 15 is 0 Å². The van der Waals surface area contributed by atoms with Gasteiger partial charge < -0.3 is 10.2 Å². The lowest BCUT2D eigenvalue weighted by Gasteiger charge is -2.35. The second kappa shape index (κ2) is 8.69. The van der Waals surface area contributed by atoms with E-state index in [4.69, 9.17) is 0 Å². The highest BCUT2D eigenvalue weighted by Crippen LogP contribution is 2.30. The molecule has 0 aliphatic carbocycles. The predicted molar refractivity (Wildman–Crippen MR) is 115 cm³/mol. The number of benzene rings is 2. The minimum atomic E-state index is -0.359. The van der Waals surface area contributed by atoms with E-state index in [0.29, 0.717) is 43.1 Å². The normalized spacial score (nSPS) is 16.4. The summed E-state index contributed by atoms with van der Waals surface area (Å²) in [4.78, 5) is 42.6. The predicted octanol–water partition coefficient (Wildman–Crippen LogP) is 2.04. The lowest BCUT2D eigenvalue weighted by atomic mass is 10.1. The molecule has 0 aromatic heterocycles. The summed E-state index contributed by atoms with van der Waals surface area (Å²) < 4.78 is 13.0. The zero-order valence-corrected chi connectivity index (χ0v) is 17.0. The molecule has 0 bridgehead atoms. The number of rotatable bonds is 5. The van der Waals surface area contributed by atoms with Crippen molar-refractivity contribution in [2.45, 2.75) is 0 Å². The smallest absolute Gasteiger partial charge is 0.259 e. The lowest BCUT2D eigenvalue weighted by Crippen LogP contribution is -2.52. The minimum Gasteiger partial charge on any atom is -0.339 e. The van der Waals surface area contributed by atoms with E-state index in [0.717, 1.165) is 5.56 Å². The highest BCUT2D eigenvalue weighted by molar-refractivity contribution is 6.10. The van der Waals surface area contributed by atoms with E-state index in [1.165, 1.54) is 29.2 Å². The molecule has 8 heteroatoms. The van der Waals surface area contributed by atoms with E-state index in [-0.39, 0.29) is 36.6 Å². The molecule has 0 atom stereocenters. The van der Waals surface area contributed by atoms with Crippen LogP contribution in [-0.4, -0.2) is 71.7 Å². The molecule has 2 aliphatic rings. The number of piperazine rings is 1. The maximum absolute atomic E-state index is 13.0. The highest BCUT2D eigenvalue weighted by atomic mass is 19.1. The van der Waals surface area contributed by atoms with E-state index in [9.17, 15) is 18.8 Å². The van der Waals surface area contributed by atoms with Gasteiger partial charge in [0.15, 0.2) is 0 Å². The molecular formula is C23H23FN4O3. The zero-order valence-electron chi connectivity index (χ0n) is 17.0. The molecular weight excluding hydrogens is 399 g/mol. The quantitative estimate of drug-likeness (QED) is 0.801. The fraction of sp³-hybridized carbons (Fsp3) is 0.261. The van der Waals surface area contributed by atoms with E-state index in [1.54, 1.807) is 17.0 Å². The Morgan fingerprint density at radius 3 is 2.23 bits per heavy atom. The van der Waals surface area contributed by atoms with Crippen LogP contribution >= 0.6 is 0 Å². The molecule has 31 heavy (non-hydrogen) atoms. The lowest BCUT2D eigenvalue weighted by molar-refractivity contribution is -0.133. The molecule has 0 saturated carbocycles. The van der Waals surface area contributed by atoms with Gasteiger partial charge in [-0.3, -0.25) is 24.2 Å². The summed E-state index contributed by atoms with van der Waals surface area (Å²) in [7, 11) is 0. The van der Waals surface area contributed by atoms with Crippen molar-refractivity contribution in [3.05, 3.63) is 72.1 Å². The molecule has 1 saturated heterocycles. The number of nitrogens with one attached hydrogen (secondary N) is 1. The van der Waals surface area contributed by atoms with Gasteiger partial charge in [0, 0.05) is 48.7 Å². The van der Waals surface area contributed by atoms with E-state index < -0.39 is 0 Å². The Labute approximate surface area is 179 Å². The Kier molecular flexibility index (Phi) is 5.81. The summed E-state index contributed by atoms with van der Waals surface area (Å²) in [6.45, 7) is 6.18. The molecule has 160 valence electrons. The molecule has 1 fully saturated rings. The zero-order chi connectivity index (χ0) is 22.0. The first-order valence-electron chi connectivity index (χ1n) is 10.1. The molecule has 0 unspecified atom stereocenters. The second-order valence-corrected chi connectivity index (χ2v) is 7.60. The maximum atomic E-state index is 13.0. The summed E-state index contributed by atoms with van der Waals surface area (Å²) >= 11 is 0. The van der Waals surface area contributed by atoms with Gasteiger partial charge in [-0.25, -0.2) is 4.39 Å². The first-order valence-corrected chi connectivity index (χ1v) is 10.1. The van der Waals surface area contributed by atoms with Crippen molar-refractivity contribution in [2.75, 3.05) is 44.6 Å². The van der Waals surface area contributed by atoms with Gasteiger partial charge in [-0.2, -0.15) is 0 Å². The van der Waals surface area contributed by atoms with Gasteiger partial charge in [-0.1, -0.05) is 24.8 Å². The number of hydrogen-bond acceptors (Lipinski definition) is 4. The van der Waals surface area contributed by atoms with Crippen molar-refractivity contribution >= 4 is 29.1 Å². The second-order valence-electron chi connectivity index (χ2n) is 7.60. The number of anilines is 1. The third kappa shape index (κ3) is 4.49. The van der Waals surface area contributed by atoms with E-state index in [2.05, 4.69) is 11.9 Å². The fourth-order valence-corrected chi connectivity index (χ4v) is 3.83. The Bertz CT molecular complexity index is 994. The molecule has 4 rings (SSSR count). The fourth-order valence-electron chi connectivity index (χ4n) is 3.83. The molecule has 2 aliphatic heterocycles. The van der Waals surface area contributed by atoms with Crippen molar-refractivity contribution in [1.82, 2.24) is 14.7 Å². The number of fused-ring (bicyclic) bond motifs is 1. The number of carbonyl (C=O) groups is 3. The van der Waals surface area contributed by atoms with Gasteiger partial charge in [-0.05, 0) is 30.3 Å². The van der Waals surface area contributed by atoms with Gasteiger partial charge in [0.25, 0.3) is 5.91 Å². The Morgan fingerprint density at radius 1 is 0.935 bits per heavy atom. The van der Waals surface area contributed by atoms with Crippen LogP contribution in [0.4, 0.5) is 10.1 Å². The Morgan fingerprint density at radius 2 is 1.58 bits per heavy atom. The summed E-state index contributed by atoms with van der Waals surface area (Å²) in [5.74, 6) is -0.896. The molecule has 0 radical (unpaired) electrons. The monoisotopic (exact) mass is 422 g/mol. The summed E-state index contributed by atoms with van der Waals surface area (Å²) in [6.07, 6.45) is 0. The summed E-state index contributed by atoms with van der Waals surface area (Å²) in [6, 6.07) is 12.8. The van der Waals surface area contributed by atoms with Crippen LogP contribution < -0.4 is 5.32 Å². The van der Waals surface area contributed by atoms with Crippen molar-refractivity contribution < 1.29 is 18.8 Å². The summed E-state index contributed by atoms with van der Waals surface area (Å²) in [5, 5.41) is 2.74. The third-order valence-corrected chi connectivity index (χ3v) is 5.55. The SMILES string of the molecule is C=C1c2ccccc2C(=O)N1CC(=O)N1CCN(CC(=O)Nc2ccc(F)cc2)CC1. The van der Waals surface area contributed by atoms with Crippen LogP contribution in [0.2, 0.25) is 0 Å². The van der Waals surface area contributed by atoms with Crippen LogP contribution in [0.5, 0.6) is 0 Å². The van der Waals surface area contributed by atoms with Crippen molar-refractivity contribution in [2.24, 2.45) is 0 Å². The molecule has 7 nitrogen and oxygen atoms in total. The topological polar surface area (TPSA) is 73.0 Å². The number of amides is 3.